The number of nitrogens with zero attached hydrogens (tertiary/aromatic N) is 1. The summed E-state index contributed by atoms with van der Waals surface area (Å²) in [6.07, 6.45) is 0.620. The summed E-state index contributed by atoms with van der Waals surface area (Å²) in [5.41, 5.74) is 6.30. The maximum absolute atomic E-state index is 14.0. The van der Waals surface area contributed by atoms with Gasteiger partial charge < -0.3 is 36.2 Å². The minimum absolute atomic E-state index is 0.187. The number of unbranched alkanes of at least 4 members (excludes halogenated alkanes) is 1. The van der Waals surface area contributed by atoms with E-state index in [1.165, 1.54) is 4.90 Å². The lowest BCUT2D eigenvalue weighted by molar-refractivity contribution is -0.192. The molecule has 1 aliphatic carbocycles. The van der Waals surface area contributed by atoms with Crippen molar-refractivity contribution in [1.82, 2.24) is 15.5 Å². The van der Waals surface area contributed by atoms with Gasteiger partial charge in [0.15, 0.2) is 0 Å². The van der Waals surface area contributed by atoms with Gasteiger partial charge in [0.2, 0.25) is 17.7 Å². The third kappa shape index (κ3) is 12.4. The fraction of sp³-hybridized carbons (Fsp3) is 0.500. The summed E-state index contributed by atoms with van der Waals surface area (Å²) >= 11 is 0. The SMILES string of the molecule is N[C@@H](CCCCOC(=O)c1ccccc1)C(=O)NC1(C(=O)N[C@@H](Cc2ccccc2)C(=O)N2CCC[C@@H]2C(=O)O)CCCCC1.O=C(O)C(F)(F)F. The highest BCUT2D eigenvalue weighted by atomic mass is 19.4. The molecular formula is C36H45F3N4O9. The molecule has 1 saturated carbocycles. The Kier molecular flexibility index (Phi) is 15.6. The largest absolute Gasteiger partial charge is 0.490 e. The number of esters is 1. The maximum Gasteiger partial charge on any atom is 0.490 e. The van der Waals surface area contributed by atoms with E-state index in [2.05, 4.69) is 10.6 Å². The summed E-state index contributed by atoms with van der Waals surface area (Å²) in [5, 5.41) is 22.7. The van der Waals surface area contributed by atoms with Crippen LogP contribution in [0.25, 0.3) is 0 Å². The van der Waals surface area contributed by atoms with Crippen LogP contribution in [0.3, 0.4) is 0 Å². The van der Waals surface area contributed by atoms with Crippen LogP contribution in [0.4, 0.5) is 13.2 Å². The van der Waals surface area contributed by atoms with E-state index in [1.807, 2.05) is 36.4 Å². The molecule has 13 nitrogen and oxygen atoms in total. The standard InChI is InChI=1S/C34H44N4O7.C2HF3O2/c35-26(17-8-11-22-45-32(43)25-15-6-2-7-16-25)29(39)37-34(19-9-3-10-20-34)33(44)36-27(23-24-13-4-1-5-14-24)30(40)38-21-12-18-28(38)31(41)42;3-2(4,5)1(6)7/h1-2,4-7,13-16,26-28H,3,8-12,17-23,35H2,(H,36,44)(H,37,39)(H,41,42);(H,6,7)/t26-,27-,28+;/m0./s1. The third-order valence-corrected chi connectivity index (χ3v) is 8.94. The number of carbonyl (C=O) groups excluding carboxylic acids is 4. The maximum atomic E-state index is 14.0. The van der Waals surface area contributed by atoms with Crippen molar-refractivity contribution in [3.8, 4) is 0 Å². The molecule has 6 N–H and O–H groups in total. The summed E-state index contributed by atoms with van der Waals surface area (Å²) in [6, 6.07) is 15.1. The predicted molar refractivity (Wildman–Crippen MR) is 181 cm³/mol. The zero-order chi connectivity index (χ0) is 38.3. The number of alkyl halides is 3. The van der Waals surface area contributed by atoms with E-state index in [0.717, 1.165) is 24.8 Å². The first kappa shape index (κ1) is 41.4. The van der Waals surface area contributed by atoms with E-state index in [-0.39, 0.29) is 13.0 Å². The number of halogens is 3. The van der Waals surface area contributed by atoms with Gasteiger partial charge in [-0.3, -0.25) is 14.4 Å². The Balaban J connectivity index is 0.000000944. The van der Waals surface area contributed by atoms with Gasteiger partial charge in [0.1, 0.15) is 17.6 Å². The second-order valence-corrected chi connectivity index (χ2v) is 12.8. The number of benzene rings is 2. The van der Waals surface area contributed by atoms with E-state index in [9.17, 15) is 42.3 Å². The van der Waals surface area contributed by atoms with E-state index in [1.54, 1.807) is 24.3 Å². The Morgan fingerprint density at radius 3 is 2.08 bits per heavy atom. The average Bonchev–Trinajstić information content (AvgIpc) is 3.62. The molecule has 284 valence electrons. The molecule has 2 aromatic rings. The lowest BCUT2D eigenvalue weighted by atomic mass is 9.80. The smallest absolute Gasteiger partial charge is 0.480 e. The number of hydrogen-bond donors (Lipinski definition) is 5. The number of likely N-dealkylation sites (tertiary alicyclic amines) is 1. The van der Waals surface area contributed by atoms with Gasteiger partial charge in [-0.15, -0.1) is 0 Å². The molecule has 2 aliphatic rings. The van der Waals surface area contributed by atoms with Crippen LogP contribution in [-0.4, -0.2) is 93.7 Å². The fourth-order valence-electron chi connectivity index (χ4n) is 6.15. The van der Waals surface area contributed by atoms with Crippen molar-refractivity contribution in [3.63, 3.8) is 0 Å². The van der Waals surface area contributed by atoms with Crippen molar-refractivity contribution in [2.24, 2.45) is 5.73 Å². The number of hydrogen-bond acceptors (Lipinski definition) is 8. The Morgan fingerprint density at radius 1 is 0.904 bits per heavy atom. The quantitative estimate of drug-likeness (QED) is 0.141. The number of ether oxygens (including phenoxy) is 1. The molecule has 0 bridgehead atoms. The van der Waals surface area contributed by atoms with Crippen LogP contribution < -0.4 is 16.4 Å². The van der Waals surface area contributed by atoms with Crippen LogP contribution in [0, 0.1) is 0 Å². The summed E-state index contributed by atoms with van der Waals surface area (Å²) < 4.78 is 37.0. The number of nitrogens with two attached hydrogens (primary N) is 1. The lowest BCUT2D eigenvalue weighted by Gasteiger charge is -2.38. The molecule has 3 atom stereocenters. The van der Waals surface area contributed by atoms with Crippen molar-refractivity contribution < 1.29 is 56.9 Å². The topological polar surface area (TPSA) is 205 Å². The minimum Gasteiger partial charge on any atom is -0.480 e. The van der Waals surface area contributed by atoms with Gasteiger partial charge >= 0.3 is 24.1 Å². The van der Waals surface area contributed by atoms with Gasteiger partial charge in [-0.05, 0) is 62.6 Å². The van der Waals surface area contributed by atoms with Crippen LogP contribution in [0.1, 0.15) is 80.1 Å². The fourth-order valence-corrected chi connectivity index (χ4v) is 6.15. The number of carbonyl (C=O) groups is 6. The van der Waals surface area contributed by atoms with E-state index >= 15 is 0 Å². The van der Waals surface area contributed by atoms with Crippen LogP contribution in [-0.2, 0) is 35.1 Å². The van der Waals surface area contributed by atoms with Gasteiger partial charge in [0.25, 0.3) is 0 Å². The number of nitrogens with one attached hydrogen (secondary N) is 2. The van der Waals surface area contributed by atoms with Crippen molar-refractivity contribution in [1.29, 1.82) is 0 Å². The highest BCUT2D eigenvalue weighted by molar-refractivity contribution is 5.97. The minimum atomic E-state index is -5.08. The van der Waals surface area contributed by atoms with Gasteiger partial charge in [-0.1, -0.05) is 67.8 Å². The van der Waals surface area contributed by atoms with E-state index in [0.29, 0.717) is 57.1 Å². The molecule has 4 rings (SSSR count). The average molecular weight is 735 g/mol. The molecule has 3 amide bonds. The zero-order valence-corrected chi connectivity index (χ0v) is 28.6. The second kappa shape index (κ2) is 19.6. The third-order valence-electron chi connectivity index (χ3n) is 8.94. The summed E-state index contributed by atoms with van der Waals surface area (Å²) in [5.74, 6) is -5.59. The molecule has 2 fully saturated rings. The number of amides is 3. The molecule has 0 aromatic heterocycles. The number of aliphatic carboxylic acids is 2. The summed E-state index contributed by atoms with van der Waals surface area (Å²) in [4.78, 5) is 75.2. The predicted octanol–water partition coefficient (Wildman–Crippen LogP) is 3.60. The highest BCUT2D eigenvalue weighted by Gasteiger charge is 2.44. The summed E-state index contributed by atoms with van der Waals surface area (Å²) in [6.45, 7) is 0.504. The first-order chi connectivity index (χ1) is 24.6. The lowest BCUT2D eigenvalue weighted by Crippen LogP contribution is -2.65. The van der Waals surface area contributed by atoms with Gasteiger partial charge in [-0.2, -0.15) is 13.2 Å². The first-order valence-electron chi connectivity index (χ1n) is 17.1. The molecule has 1 saturated heterocycles. The molecule has 1 heterocycles. The molecule has 16 heteroatoms. The molecule has 0 spiro atoms. The van der Waals surface area contributed by atoms with Crippen molar-refractivity contribution in [2.75, 3.05) is 13.2 Å². The Labute approximate surface area is 299 Å². The van der Waals surface area contributed by atoms with Gasteiger partial charge in [0, 0.05) is 13.0 Å². The first-order valence-corrected chi connectivity index (χ1v) is 17.1. The molecular weight excluding hydrogens is 689 g/mol. The van der Waals surface area contributed by atoms with Crippen LogP contribution in [0.15, 0.2) is 60.7 Å². The molecule has 1 aliphatic heterocycles. The van der Waals surface area contributed by atoms with E-state index < -0.39 is 65.5 Å². The zero-order valence-electron chi connectivity index (χ0n) is 28.6. The van der Waals surface area contributed by atoms with Gasteiger partial charge in [0.05, 0.1) is 18.2 Å². The number of carboxylic acids is 2. The molecule has 0 unspecified atom stereocenters. The monoisotopic (exact) mass is 734 g/mol. The molecule has 2 aromatic carbocycles. The van der Waals surface area contributed by atoms with Crippen LogP contribution in [0.5, 0.6) is 0 Å². The Morgan fingerprint density at radius 2 is 1.50 bits per heavy atom. The number of rotatable bonds is 14. The van der Waals surface area contributed by atoms with E-state index in [4.69, 9.17) is 20.4 Å². The van der Waals surface area contributed by atoms with Crippen molar-refractivity contribution in [2.45, 2.75) is 100 Å². The van der Waals surface area contributed by atoms with Crippen LogP contribution >= 0.6 is 0 Å². The Bertz CT molecular complexity index is 1520. The Hall–Kier alpha value is -4.99. The highest BCUT2D eigenvalue weighted by Crippen LogP contribution is 2.29. The van der Waals surface area contributed by atoms with Gasteiger partial charge in [-0.25, -0.2) is 14.4 Å². The van der Waals surface area contributed by atoms with Crippen molar-refractivity contribution in [3.05, 3.63) is 71.8 Å². The summed E-state index contributed by atoms with van der Waals surface area (Å²) in [7, 11) is 0. The number of carboxylic acid groups (broad SMARTS) is 2. The molecule has 0 radical (unpaired) electrons. The second-order valence-electron chi connectivity index (χ2n) is 12.8. The van der Waals surface area contributed by atoms with Crippen molar-refractivity contribution >= 4 is 35.6 Å². The molecule has 52 heavy (non-hydrogen) atoms. The van der Waals surface area contributed by atoms with Crippen LogP contribution in [0.2, 0.25) is 0 Å². The normalized spacial score (nSPS) is 17.8.